The van der Waals surface area contributed by atoms with Crippen LogP contribution in [0, 0.1) is 0 Å². The molecule has 0 aliphatic carbocycles. The fourth-order valence-corrected chi connectivity index (χ4v) is 3.03. The number of hydrogen-bond acceptors (Lipinski definition) is 5. The van der Waals surface area contributed by atoms with Crippen LogP contribution in [0.25, 0.3) is 0 Å². The summed E-state index contributed by atoms with van der Waals surface area (Å²) in [6.07, 6.45) is 1.30. The molecule has 1 aromatic heterocycles. The quantitative estimate of drug-likeness (QED) is 0.381. The van der Waals surface area contributed by atoms with Crippen LogP contribution in [0.3, 0.4) is 0 Å². The lowest BCUT2D eigenvalue weighted by atomic mass is 10.1. The van der Waals surface area contributed by atoms with Gasteiger partial charge >= 0.3 is 0 Å². The van der Waals surface area contributed by atoms with Crippen molar-refractivity contribution in [2.24, 2.45) is 5.73 Å². The molecule has 10 heteroatoms. The number of furan rings is 1. The Morgan fingerprint density at radius 1 is 0.909 bits per heavy atom. The van der Waals surface area contributed by atoms with Gasteiger partial charge in [-0.25, -0.2) is 0 Å². The summed E-state index contributed by atoms with van der Waals surface area (Å²) < 4.78 is 5.05. The van der Waals surface area contributed by atoms with E-state index in [-0.39, 0.29) is 18.6 Å². The predicted octanol–water partition coefficient (Wildman–Crippen LogP) is 3.19. The number of primary amides is 1. The van der Waals surface area contributed by atoms with Gasteiger partial charge in [-0.2, -0.15) is 0 Å². The second kappa shape index (κ2) is 11.0. The normalized spacial score (nSPS) is 11.3. The van der Waals surface area contributed by atoms with Crippen LogP contribution in [0.1, 0.15) is 33.8 Å². The lowest BCUT2D eigenvalue weighted by molar-refractivity contribution is -0.119. The Morgan fingerprint density at radius 2 is 1.61 bits per heavy atom. The number of carbonyl (C=O) groups is 4. The largest absolute Gasteiger partial charge is 0.459 e. The van der Waals surface area contributed by atoms with Crippen LogP contribution >= 0.6 is 11.6 Å². The summed E-state index contributed by atoms with van der Waals surface area (Å²) in [5.74, 6) is -1.96. The van der Waals surface area contributed by atoms with E-state index in [0.717, 1.165) is 0 Å². The van der Waals surface area contributed by atoms with E-state index in [9.17, 15) is 19.2 Å². The molecule has 3 rings (SSSR count). The van der Waals surface area contributed by atoms with Gasteiger partial charge < -0.3 is 26.1 Å². The van der Waals surface area contributed by atoms with Crippen LogP contribution in [0.4, 0.5) is 11.4 Å². The maximum atomic E-state index is 12.9. The monoisotopic (exact) mass is 468 g/mol. The van der Waals surface area contributed by atoms with E-state index in [4.69, 9.17) is 21.8 Å². The van der Waals surface area contributed by atoms with E-state index < -0.39 is 29.7 Å². The van der Waals surface area contributed by atoms with Crippen LogP contribution in [-0.4, -0.2) is 29.7 Å². The van der Waals surface area contributed by atoms with E-state index in [2.05, 4.69) is 16.0 Å². The van der Waals surface area contributed by atoms with E-state index in [1.54, 1.807) is 42.5 Å². The van der Waals surface area contributed by atoms with Crippen LogP contribution < -0.4 is 21.7 Å². The summed E-state index contributed by atoms with van der Waals surface area (Å²) in [4.78, 5) is 48.8. The third-order valence-corrected chi connectivity index (χ3v) is 4.79. The molecule has 0 aliphatic rings. The lowest BCUT2D eigenvalue weighted by Gasteiger charge is -2.18. The summed E-state index contributed by atoms with van der Waals surface area (Å²) in [5.41, 5.74) is 6.32. The first kappa shape index (κ1) is 23.6. The summed E-state index contributed by atoms with van der Waals surface area (Å²) in [6.45, 7) is 0. The highest BCUT2D eigenvalue weighted by Crippen LogP contribution is 2.17. The van der Waals surface area contributed by atoms with Crippen molar-refractivity contribution in [1.82, 2.24) is 5.32 Å². The summed E-state index contributed by atoms with van der Waals surface area (Å²) >= 11 is 5.84. The van der Waals surface area contributed by atoms with Gasteiger partial charge in [-0.1, -0.05) is 17.7 Å². The molecule has 0 radical (unpaired) electrons. The van der Waals surface area contributed by atoms with Gasteiger partial charge in [0.25, 0.3) is 11.8 Å². The first-order valence-corrected chi connectivity index (χ1v) is 10.3. The van der Waals surface area contributed by atoms with Gasteiger partial charge in [0.1, 0.15) is 6.04 Å². The molecule has 0 fully saturated rings. The molecular formula is C23H21ClN4O5. The van der Waals surface area contributed by atoms with Gasteiger partial charge in [-0.3, -0.25) is 19.2 Å². The van der Waals surface area contributed by atoms with Gasteiger partial charge in [0.2, 0.25) is 11.8 Å². The Labute approximate surface area is 194 Å². The molecule has 1 atom stereocenters. The number of nitrogens with two attached hydrogens (primary N) is 1. The zero-order valence-corrected chi connectivity index (χ0v) is 18.1. The van der Waals surface area contributed by atoms with Gasteiger partial charge in [-0.15, -0.1) is 0 Å². The van der Waals surface area contributed by atoms with E-state index >= 15 is 0 Å². The number of benzene rings is 2. The van der Waals surface area contributed by atoms with Crippen LogP contribution in [-0.2, 0) is 9.59 Å². The molecule has 170 valence electrons. The van der Waals surface area contributed by atoms with E-state index in [0.29, 0.717) is 22.0 Å². The molecule has 9 nitrogen and oxygen atoms in total. The van der Waals surface area contributed by atoms with Crippen LogP contribution in [0.15, 0.2) is 71.3 Å². The molecule has 4 amide bonds. The fourth-order valence-electron chi connectivity index (χ4n) is 2.90. The van der Waals surface area contributed by atoms with E-state index in [1.807, 2.05) is 0 Å². The fraction of sp³-hybridized carbons (Fsp3) is 0.130. The Hall–Kier alpha value is -4.11. The number of carbonyl (C=O) groups excluding carboxylic acids is 4. The van der Waals surface area contributed by atoms with Crippen molar-refractivity contribution >= 4 is 46.6 Å². The molecule has 5 N–H and O–H groups in total. The lowest BCUT2D eigenvalue weighted by Crippen LogP contribution is -2.44. The third-order valence-electron chi connectivity index (χ3n) is 4.54. The van der Waals surface area contributed by atoms with E-state index in [1.165, 1.54) is 24.5 Å². The molecule has 0 unspecified atom stereocenters. The standard InChI is InChI=1S/C23H21ClN4O5/c24-15-8-6-14(7-9-15)21(30)28-18(10-11-20(25)29)22(31)26-16-3-1-4-17(13-16)27-23(32)19-5-2-12-33-19/h1-9,12-13,18H,10-11H2,(H2,25,29)(H,26,31)(H,27,32)(H,28,30)/t18-/m0/s1. The molecule has 2 aromatic carbocycles. The number of halogens is 1. The molecule has 0 spiro atoms. The van der Waals surface area contributed by atoms with Gasteiger partial charge in [0.15, 0.2) is 5.76 Å². The minimum atomic E-state index is -1.03. The van der Waals surface area contributed by atoms with Crippen LogP contribution in [0.5, 0.6) is 0 Å². The highest BCUT2D eigenvalue weighted by Gasteiger charge is 2.22. The Balaban J connectivity index is 1.69. The molecule has 0 bridgehead atoms. The Kier molecular flexibility index (Phi) is 7.82. The second-order valence-electron chi connectivity index (χ2n) is 7.04. The SMILES string of the molecule is NC(=O)CC[C@H](NC(=O)c1ccc(Cl)cc1)C(=O)Nc1cccc(NC(=O)c2ccco2)c1. The maximum Gasteiger partial charge on any atom is 0.291 e. The average molecular weight is 469 g/mol. The maximum absolute atomic E-state index is 12.9. The summed E-state index contributed by atoms with van der Waals surface area (Å²) in [5, 5.41) is 8.41. The zero-order valence-electron chi connectivity index (χ0n) is 17.3. The number of amides is 4. The van der Waals surface area contributed by atoms with Crippen molar-refractivity contribution < 1.29 is 23.6 Å². The molecular weight excluding hydrogens is 448 g/mol. The molecule has 0 saturated carbocycles. The summed E-state index contributed by atoms with van der Waals surface area (Å²) in [6, 6.07) is 14.7. The first-order chi connectivity index (χ1) is 15.8. The van der Waals surface area contributed by atoms with Gasteiger partial charge in [0, 0.05) is 28.4 Å². The first-order valence-electron chi connectivity index (χ1n) is 9.92. The number of rotatable bonds is 9. The third kappa shape index (κ3) is 6.94. The smallest absolute Gasteiger partial charge is 0.291 e. The topological polar surface area (TPSA) is 144 Å². The van der Waals surface area contributed by atoms with Crippen molar-refractivity contribution in [2.45, 2.75) is 18.9 Å². The predicted molar refractivity (Wildman–Crippen MR) is 123 cm³/mol. The number of hydrogen-bond donors (Lipinski definition) is 4. The molecule has 1 heterocycles. The van der Waals surface area contributed by atoms with Gasteiger partial charge in [-0.05, 0) is 61.0 Å². The van der Waals surface area contributed by atoms with Crippen molar-refractivity contribution in [2.75, 3.05) is 10.6 Å². The molecule has 33 heavy (non-hydrogen) atoms. The second-order valence-corrected chi connectivity index (χ2v) is 7.48. The summed E-state index contributed by atoms with van der Waals surface area (Å²) in [7, 11) is 0. The highest BCUT2D eigenvalue weighted by molar-refractivity contribution is 6.30. The van der Waals surface area contributed by atoms with Crippen molar-refractivity contribution in [1.29, 1.82) is 0 Å². The zero-order chi connectivity index (χ0) is 23.8. The van der Waals surface area contributed by atoms with Crippen molar-refractivity contribution in [3.8, 4) is 0 Å². The average Bonchev–Trinajstić information content (AvgIpc) is 3.32. The minimum absolute atomic E-state index is 0.00934. The molecule has 3 aromatic rings. The van der Waals surface area contributed by atoms with Gasteiger partial charge in [0.05, 0.1) is 6.26 Å². The molecule has 0 saturated heterocycles. The minimum Gasteiger partial charge on any atom is -0.459 e. The van der Waals surface area contributed by atoms with Crippen LogP contribution in [0.2, 0.25) is 5.02 Å². The number of nitrogens with one attached hydrogen (secondary N) is 3. The highest BCUT2D eigenvalue weighted by atomic mass is 35.5. The van der Waals surface area contributed by atoms with Crippen molar-refractivity contribution in [3.05, 3.63) is 83.3 Å². The number of anilines is 2. The Morgan fingerprint density at radius 3 is 2.24 bits per heavy atom. The molecule has 0 aliphatic heterocycles. The Bertz CT molecular complexity index is 1150. The van der Waals surface area contributed by atoms with Crippen molar-refractivity contribution in [3.63, 3.8) is 0 Å².